The Bertz CT molecular complexity index is 275. The molecule has 0 spiro atoms. The predicted molar refractivity (Wildman–Crippen MR) is 51.8 cm³/mol. The number of halogens is 2. The summed E-state index contributed by atoms with van der Waals surface area (Å²) in [7, 11) is 0. The van der Waals surface area contributed by atoms with Crippen LogP contribution in [0.4, 0.5) is 13.6 Å². The molecular formula is C10H16F2N2O. The highest BCUT2D eigenvalue weighted by atomic mass is 19.3. The van der Waals surface area contributed by atoms with Crippen molar-refractivity contribution in [2.24, 2.45) is 11.8 Å². The first-order chi connectivity index (χ1) is 6.90. The maximum atomic E-state index is 12.5. The quantitative estimate of drug-likeness (QED) is 0.751. The summed E-state index contributed by atoms with van der Waals surface area (Å²) in [5.41, 5.74) is 0. The minimum Gasteiger partial charge on any atom is -0.329 e. The van der Waals surface area contributed by atoms with E-state index in [2.05, 4.69) is 19.2 Å². The standard InChI is InChI=1S/C10H16F2N2O/c1-6(2)7-4-14(5-7)9(15)13-8-3-10(8,11)12/h6-8H,3-5H2,1-2H3,(H,13,15). The number of carbonyl (C=O) groups excluding carboxylic acids is 1. The molecular weight excluding hydrogens is 202 g/mol. The third kappa shape index (κ3) is 2.06. The molecule has 1 saturated heterocycles. The second-order valence-corrected chi connectivity index (χ2v) is 4.88. The summed E-state index contributed by atoms with van der Waals surface area (Å²) in [5, 5.41) is 2.34. The zero-order chi connectivity index (χ0) is 11.2. The van der Waals surface area contributed by atoms with Gasteiger partial charge in [-0.25, -0.2) is 13.6 Å². The SMILES string of the molecule is CC(C)C1CN(C(=O)NC2CC2(F)F)C1. The smallest absolute Gasteiger partial charge is 0.317 e. The summed E-state index contributed by atoms with van der Waals surface area (Å²) in [6.45, 7) is 5.60. The van der Waals surface area contributed by atoms with E-state index in [1.54, 1.807) is 4.90 Å². The van der Waals surface area contributed by atoms with Gasteiger partial charge in [-0.15, -0.1) is 0 Å². The van der Waals surface area contributed by atoms with Crippen LogP contribution in [-0.4, -0.2) is 36.0 Å². The normalized spacial score (nSPS) is 28.9. The summed E-state index contributed by atoms with van der Waals surface area (Å²) in [6.07, 6.45) is -0.208. The highest BCUT2D eigenvalue weighted by Crippen LogP contribution is 2.41. The van der Waals surface area contributed by atoms with E-state index in [0.717, 1.165) is 0 Å². The minimum atomic E-state index is -2.67. The third-order valence-corrected chi connectivity index (χ3v) is 3.26. The largest absolute Gasteiger partial charge is 0.329 e. The number of hydrogen-bond donors (Lipinski definition) is 1. The van der Waals surface area contributed by atoms with Gasteiger partial charge in [0.1, 0.15) is 6.04 Å². The number of nitrogens with zero attached hydrogens (tertiary/aromatic N) is 1. The molecule has 86 valence electrons. The van der Waals surface area contributed by atoms with E-state index in [9.17, 15) is 13.6 Å². The van der Waals surface area contributed by atoms with Crippen LogP contribution < -0.4 is 5.32 Å². The number of alkyl halides is 2. The molecule has 0 bridgehead atoms. The van der Waals surface area contributed by atoms with E-state index >= 15 is 0 Å². The fourth-order valence-corrected chi connectivity index (χ4v) is 1.71. The van der Waals surface area contributed by atoms with E-state index in [4.69, 9.17) is 0 Å². The molecule has 0 aromatic heterocycles. The van der Waals surface area contributed by atoms with Crippen LogP contribution in [0.3, 0.4) is 0 Å². The average Bonchev–Trinajstić information content (AvgIpc) is 2.53. The fraction of sp³-hybridized carbons (Fsp3) is 0.900. The summed E-state index contributed by atoms with van der Waals surface area (Å²) >= 11 is 0. The molecule has 15 heavy (non-hydrogen) atoms. The maximum absolute atomic E-state index is 12.5. The van der Waals surface area contributed by atoms with Gasteiger partial charge in [0.2, 0.25) is 0 Å². The summed E-state index contributed by atoms with van der Waals surface area (Å²) in [4.78, 5) is 13.0. The van der Waals surface area contributed by atoms with Gasteiger partial charge in [-0.1, -0.05) is 13.8 Å². The molecule has 1 aliphatic heterocycles. The first-order valence-corrected chi connectivity index (χ1v) is 5.33. The Labute approximate surface area is 87.8 Å². The Kier molecular flexibility index (Phi) is 2.35. The van der Waals surface area contributed by atoms with Crippen molar-refractivity contribution in [3.8, 4) is 0 Å². The molecule has 0 aromatic rings. The van der Waals surface area contributed by atoms with Gasteiger partial charge in [-0.05, 0) is 11.8 Å². The van der Waals surface area contributed by atoms with Crippen molar-refractivity contribution in [1.29, 1.82) is 0 Å². The van der Waals surface area contributed by atoms with Crippen molar-refractivity contribution < 1.29 is 13.6 Å². The number of rotatable bonds is 2. The molecule has 1 N–H and O–H groups in total. The topological polar surface area (TPSA) is 32.3 Å². The number of nitrogens with one attached hydrogen (secondary N) is 1. The van der Waals surface area contributed by atoms with Crippen molar-refractivity contribution in [2.45, 2.75) is 32.2 Å². The number of carbonyl (C=O) groups is 1. The van der Waals surface area contributed by atoms with Gasteiger partial charge in [0.25, 0.3) is 5.92 Å². The first-order valence-electron chi connectivity index (χ1n) is 5.33. The van der Waals surface area contributed by atoms with Gasteiger partial charge < -0.3 is 10.2 Å². The monoisotopic (exact) mass is 218 g/mol. The van der Waals surface area contributed by atoms with E-state index in [0.29, 0.717) is 24.9 Å². The highest BCUT2D eigenvalue weighted by molar-refractivity contribution is 5.76. The number of likely N-dealkylation sites (tertiary alicyclic amines) is 1. The Hall–Kier alpha value is -0.870. The second-order valence-electron chi connectivity index (χ2n) is 4.88. The van der Waals surface area contributed by atoms with Gasteiger partial charge in [0.05, 0.1) is 0 Å². The number of amides is 2. The lowest BCUT2D eigenvalue weighted by atomic mass is 9.89. The Morgan fingerprint density at radius 1 is 1.47 bits per heavy atom. The van der Waals surface area contributed by atoms with Crippen molar-refractivity contribution in [3.63, 3.8) is 0 Å². The molecule has 2 amide bonds. The van der Waals surface area contributed by atoms with Crippen LogP contribution >= 0.6 is 0 Å². The van der Waals surface area contributed by atoms with Crippen LogP contribution in [0.25, 0.3) is 0 Å². The molecule has 0 radical (unpaired) electrons. The Morgan fingerprint density at radius 2 is 2.00 bits per heavy atom. The fourth-order valence-electron chi connectivity index (χ4n) is 1.71. The third-order valence-electron chi connectivity index (χ3n) is 3.26. The molecule has 1 aliphatic carbocycles. The molecule has 2 aliphatic rings. The molecule has 1 saturated carbocycles. The van der Waals surface area contributed by atoms with Crippen molar-refractivity contribution in [2.75, 3.05) is 13.1 Å². The van der Waals surface area contributed by atoms with Crippen LogP contribution in [0.15, 0.2) is 0 Å². The van der Waals surface area contributed by atoms with Crippen LogP contribution in [0.5, 0.6) is 0 Å². The minimum absolute atomic E-state index is 0.208. The molecule has 0 aromatic carbocycles. The van der Waals surface area contributed by atoms with Crippen LogP contribution in [0.1, 0.15) is 20.3 Å². The molecule has 3 nitrogen and oxygen atoms in total. The Morgan fingerprint density at radius 3 is 2.40 bits per heavy atom. The zero-order valence-corrected chi connectivity index (χ0v) is 8.96. The summed E-state index contributed by atoms with van der Waals surface area (Å²) in [5.74, 6) is -1.59. The number of hydrogen-bond acceptors (Lipinski definition) is 1. The lowest BCUT2D eigenvalue weighted by Crippen LogP contribution is -2.55. The van der Waals surface area contributed by atoms with Crippen molar-refractivity contribution in [1.82, 2.24) is 10.2 Å². The van der Waals surface area contributed by atoms with Gasteiger partial charge >= 0.3 is 6.03 Å². The molecule has 2 fully saturated rings. The van der Waals surface area contributed by atoms with Gasteiger partial charge in [-0.2, -0.15) is 0 Å². The summed E-state index contributed by atoms with van der Waals surface area (Å²) in [6, 6.07) is -1.27. The molecule has 1 atom stereocenters. The molecule has 1 heterocycles. The average molecular weight is 218 g/mol. The second kappa shape index (κ2) is 3.32. The van der Waals surface area contributed by atoms with Crippen LogP contribution in [0, 0.1) is 11.8 Å². The molecule has 5 heteroatoms. The lowest BCUT2D eigenvalue weighted by molar-refractivity contribution is 0.0829. The molecule has 2 rings (SSSR count). The Balaban J connectivity index is 1.71. The van der Waals surface area contributed by atoms with E-state index < -0.39 is 12.0 Å². The van der Waals surface area contributed by atoms with E-state index in [-0.39, 0.29) is 12.5 Å². The van der Waals surface area contributed by atoms with Crippen molar-refractivity contribution >= 4 is 6.03 Å². The first kappa shape index (κ1) is 10.6. The van der Waals surface area contributed by atoms with Crippen molar-refractivity contribution in [3.05, 3.63) is 0 Å². The molecule has 1 unspecified atom stereocenters. The summed E-state index contributed by atoms with van der Waals surface area (Å²) < 4.78 is 25.0. The van der Waals surface area contributed by atoms with Crippen LogP contribution in [0.2, 0.25) is 0 Å². The van der Waals surface area contributed by atoms with Crippen LogP contribution in [-0.2, 0) is 0 Å². The predicted octanol–water partition coefficient (Wildman–Crippen LogP) is 1.69. The lowest BCUT2D eigenvalue weighted by Gasteiger charge is -2.41. The highest BCUT2D eigenvalue weighted by Gasteiger charge is 2.58. The maximum Gasteiger partial charge on any atom is 0.317 e. The van der Waals surface area contributed by atoms with Gasteiger partial charge in [0, 0.05) is 19.5 Å². The zero-order valence-electron chi connectivity index (χ0n) is 8.96. The van der Waals surface area contributed by atoms with E-state index in [1.807, 2.05) is 0 Å². The van der Waals surface area contributed by atoms with Gasteiger partial charge in [0.15, 0.2) is 0 Å². The van der Waals surface area contributed by atoms with E-state index in [1.165, 1.54) is 0 Å². The number of urea groups is 1. The van der Waals surface area contributed by atoms with Gasteiger partial charge in [-0.3, -0.25) is 0 Å².